The summed E-state index contributed by atoms with van der Waals surface area (Å²) in [6, 6.07) is 17.4. The van der Waals surface area contributed by atoms with Gasteiger partial charge >= 0.3 is 5.97 Å². The van der Waals surface area contributed by atoms with E-state index in [4.69, 9.17) is 23.7 Å². The van der Waals surface area contributed by atoms with Crippen molar-refractivity contribution in [2.75, 3.05) is 41.1 Å². The summed E-state index contributed by atoms with van der Waals surface area (Å²) in [5, 5.41) is 0. The first-order valence-corrected chi connectivity index (χ1v) is 12.1. The number of esters is 1. The van der Waals surface area contributed by atoms with Crippen molar-refractivity contribution in [3.63, 3.8) is 0 Å². The molecule has 1 unspecified atom stereocenters. The van der Waals surface area contributed by atoms with Crippen molar-refractivity contribution in [1.82, 2.24) is 4.90 Å². The summed E-state index contributed by atoms with van der Waals surface area (Å²) in [7, 11) is 4.74. The molecule has 4 rings (SSSR count). The number of carbonyl (C=O) groups excluding carboxylic acids is 2. The smallest absolute Gasteiger partial charge is 0.338 e. The summed E-state index contributed by atoms with van der Waals surface area (Å²) in [5.74, 6) is 1.77. The van der Waals surface area contributed by atoms with E-state index in [0.717, 1.165) is 11.1 Å². The highest BCUT2D eigenvalue weighted by molar-refractivity contribution is 5.97. The predicted octanol–water partition coefficient (Wildman–Crippen LogP) is 4.71. The SMILES string of the molecule is CCOC(=O)c1ccc(OCC2c3cc(OC)c(OC)cc3CCN2C(=O)c2ccccc2OC)cc1. The van der Waals surface area contributed by atoms with Crippen molar-refractivity contribution >= 4 is 11.9 Å². The van der Waals surface area contributed by atoms with E-state index in [-0.39, 0.29) is 18.5 Å². The molecule has 1 heterocycles. The fourth-order valence-corrected chi connectivity index (χ4v) is 4.50. The minimum Gasteiger partial charge on any atom is -0.496 e. The molecule has 3 aromatic carbocycles. The van der Waals surface area contributed by atoms with Crippen LogP contribution in [-0.4, -0.2) is 57.9 Å². The van der Waals surface area contributed by atoms with Gasteiger partial charge in [-0.3, -0.25) is 4.79 Å². The second-order valence-corrected chi connectivity index (χ2v) is 8.43. The molecule has 0 saturated carbocycles. The zero-order valence-electron chi connectivity index (χ0n) is 21.5. The maximum atomic E-state index is 13.8. The monoisotopic (exact) mass is 505 g/mol. The Bertz CT molecular complexity index is 1260. The number of para-hydroxylation sites is 1. The first-order chi connectivity index (χ1) is 18.0. The molecule has 1 amide bonds. The number of nitrogens with zero attached hydrogens (tertiary/aromatic N) is 1. The fraction of sp³-hybridized carbons (Fsp3) is 0.310. The van der Waals surface area contributed by atoms with E-state index in [1.807, 2.05) is 24.3 Å². The zero-order valence-corrected chi connectivity index (χ0v) is 21.5. The van der Waals surface area contributed by atoms with Crippen LogP contribution in [0.1, 0.15) is 44.8 Å². The minimum absolute atomic E-state index is 0.149. The largest absolute Gasteiger partial charge is 0.496 e. The lowest BCUT2D eigenvalue weighted by molar-refractivity contribution is 0.0524. The number of benzene rings is 3. The third-order valence-electron chi connectivity index (χ3n) is 6.37. The van der Waals surface area contributed by atoms with Gasteiger partial charge in [0.05, 0.1) is 45.1 Å². The third-order valence-corrected chi connectivity index (χ3v) is 6.37. The molecule has 0 bridgehead atoms. The van der Waals surface area contributed by atoms with Gasteiger partial charge in [0.2, 0.25) is 0 Å². The van der Waals surface area contributed by atoms with E-state index in [1.165, 1.54) is 0 Å². The Kier molecular flexibility index (Phi) is 8.18. The maximum Gasteiger partial charge on any atom is 0.338 e. The maximum absolute atomic E-state index is 13.8. The molecule has 8 nitrogen and oxygen atoms in total. The van der Waals surface area contributed by atoms with Crippen LogP contribution in [0.15, 0.2) is 60.7 Å². The molecular weight excluding hydrogens is 474 g/mol. The molecule has 1 aliphatic heterocycles. The second-order valence-electron chi connectivity index (χ2n) is 8.43. The molecule has 3 aromatic rings. The molecule has 0 aliphatic carbocycles. The van der Waals surface area contributed by atoms with Gasteiger partial charge in [0, 0.05) is 6.54 Å². The van der Waals surface area contributed by atoms with Crippen LogP contribution < -0.4 is 18.9 Å². The van der Waals surface area contributed by atoms with Crippen molar-refractivity contribution in [2.24, 2.45) is 0 Å². The topological polar surface area (TPSA) is 83.5 Å². The molecule has 0 fully saturated rings. The highest BCUT2D eigenvalue weighted by Crippen LogP contribution is 2.39. The van der Waals surface area contributed by atoms with Gasteiger partial charge in [0.1, 0.15) is 18.1 Å². The van der Waals surface area contributed by atoms with E-state index in [1.54, 1.807) is 69.6 Å². The van der Waals surface area contributed by atoms with Crippen molar-refractivity contribution in [3.05, 3.63) is 82.9 Å². The standard InChI is InChI=1S/C29H31NO7/c1-5-36-29(32)19-10-12-21(13-11-19)37-18-24-23-17-27(35-4)26(34-3)16-20(23)14-15-30(24)28(31)22-8-6-7-9-25(22)33-2/h6-13,16-17,24H,5,14-15,18H2,1-4H3. The van der Waals surface area contributed by atoms with Gasteiger partial charge in [-0.05, 0) is 73.0 Å². The average Bonchev–Trinajstić information content (AvgIpc) is 2.94. The van der Waals surface area contributed by atoms with Gasteiger partial charge in [0.15, 0.2) is 11.5 Å². The summed E-state index contributed by atoms with van der Waals surface area (Å²) in [4.78, 5) is 27.5. The molecule has 0 radical (unpaired) electrons. The summed E-state index contributed by atoms with van der Waals surface area (Å²) in [6.45, 7) is 2.76. The van der Waals surface area contributed by atoms with Gasteiger partial charge < -0.3 is 28.6 Å². The molecule has 0 N–H and O–H groups in total. The Balaban J connectivity index is 1.66. The van der Waals surface area contributed by atoms with Crippen molar-refractivity contribution in [2.45, 2.75) is 19.4 Å². The number of hydrogen-bond acceptors (Lipinski definition) is 7. The molecule has 0 saturated heterocycles. The first kappa shape index (κ1) is 25.9. The molecule has 1 aliphatic rings. The summed E-state index contributed by atoms with van der Waals surface area (Å²) < 4.78 is 27.7. The summed E-state index contributed by atoms with van der Waals surface area (Å²) in [5.41, 5.74) is 2.92. The molecular formula is C29H31NO7. The van der Waals surface area contributed by atoms with E-state index in [0.29, 0.717) is 53.7 Å². The Labute approximate surface area is 216 Å². The van der Waals surface area contributed by atoms with Crippen molar-refractivity contribution < 1.29 is 33.3 Å². The molecule has 37 heavy (non-hydrogen) atoms. The summed E-state index contributed by atoms with van der Waals surface area (Å²) in [6.07, 6.45) is 0.654. The molecule has 0 aromatic heterocycles. The number of methoxy groups -OCH3 is 3. The van der Waals surface area contributed by atoms with Gasteiger partial charge in [-0.15, -0.1) is 0 Å². The number of hydrogen-bond donors (Lipinski definition) is 0. The highest BCUT2D eigenvalue weighted by Gasteiger charge is 2.34. The highest BCUT2D eigenvalue weighted by atomic mass is 16.5. The molecule has 1 atom stereocenters. The second kappa shape index (κ2) is 11.7. The van der Waals surface area contributed by atoms with Crippen LogP contribution in [0, 0.1) is 0 Å². The van der Waals surface area contributed by atoms with Gasteiger partial charge in [-0.2, -0.15) is 0 Å². The number of fused-ring (bicyclic) bond motifs is 1. The molecule has 0 spiro atoms. The van der Waals surface area contributed by atoms with Crippen LogP contribution in [0.2, 0.25) is 0 Å². The van der Waals surface area contributed by atoms with E-state index >= 15 is 0 Å². The lowest BCUT2D eigenvalue weighted by atomic mass is 9.91. The first-order valence-electron chi connectivity index (χ1n) is 12.1. The van der Waals surface area contributed by atoms with Crippen LogP contribution in [0.4, 0.5) is 0 Å². The number of ether oxygens (including phenoxy) is 5. The van der Waals surface area contributed by atoms with Crippen molar-refractivity contribution in [3.8, 4) is 23.0 Å². The minimum atomic E-state index is -0.397. The van der Waals surface area contributed by atoms with Crippen molar-refractivity contribution in [1.29, 1.82) is 0 Å². The van der Waals surface area contributed by atoms with E-state index in [9.17, 15) is 9.59 Å². The van der Waals surface area contributed by atoms with Crippen LogP contribution >= 0.6 is 0 Å². The Morgan fingerprint density at radius 1 is 0.892 bits per heavy atom. The van der Waals surface area contributed by atoms with Crippen LogP contribution in [0.25, 0.3) is 0 Å². The van der Waals surface area contributed by atoms with Crippen LogP contribution in [-0.2, 0) is 11.2 Å². The lowest BCUT2D eigenvalue weighted by Gasteiger charge is -2.38. The average molecular weight is 506 g/mol. The predicted molar refractivity (Wildman–Crippen MR) is 138 cm³/mol. The Hall–Kier alpha value is -4.20. The Morgan fingerprint density at radius 3 is 2.24 bits per heavy atom. The third kappa shape index (κ3) is 5.48. The van der Waals surface area contributed by atoms with Crippen LogP contribution in [0.3, 0.4) is 0 Å². The van der Waals surface area contributed by atoms with Crippen LogP contribution in [0.5, 0.6) is 23.0 Å². The number of rotatable bonds is 9. The quantitative estimate of drug-likeness (QED) is 0.390. The lowest BCUT2D eigenvalue weighted by Crippen LogP contribution is -2.42. The number of amides is 1. The molecule has 8 heteroatoms. The van der Waals surface area contributed by atoms with E-state index < -0.39 is 6.04 Å². The normalized spacial score (nSPS) is 14.4. The Morgan fingerprint density at radius 2 is 1.57 bits per heavy atom. The summed E-state index contributed by atoms with van der Waals surface area (Å²) >= 11 is 0. The van der Waals surface area contributed by atoms with Gasteiger partial charge in [-0.25, -0.2) is 4.79 Å². The molecule has 194 valence electrons. The zero-order chi connectivity index (χ0) is 26.4. The fourth-order valence-electron chi connectivity index (χ4n) is 4.50. The van der Waals surface area contributed by atoms with E-state index in [2.05, 4.69) is 0 Å². The number of carbonyl (C=O) groups is 2. The van der Waals surface area contributed by atoms with Gasteiger partial charge in [0.25, 0.3) is 5.91 Å². The van der Waals surface area contributed by atoms with Gasteiger partial charge in [-0.1, -0.05) is 12.1 Å².